The number of halogens is 1. The first-order chi connectivity index (χ1) is 18.2. The summed E-state index contributed by atoms with van der Waals surface area (Å²) in [6, 6.07) is 11.9. The first kappa shape index (κ1) is 27.1. The molecule has 4 rings (SSSR count). The number of carbonyl (C=O) groups excluding carboxylic acids is 2. The maximum absolute atomic E-state index is 13.6. The largest absolute Gasteiger partial charge is 0.497 e. The molecule has 0 N–H and O–H groups in total. The van der Waals surface area contributed by atoms with Gasteiger partial charge in [-0.3, -0.25) is 19.0 Å². The zero-order chi connectivity index (χ0) is 27.4. The molecule has 1 aromatic heterocycles. The second kappa shape index (κ2) is 11.6. The predicted molar refractivity (Wildman–Crippen MR) is 141 cm³/mol. The van der Waals surface area contributed by atoms with E-state index in [1.165, 1.54) is 12.0 Å². The van der Waals surface area contributed by atoms with E-state index in [-0.39, 0.29) is 25.7 Å². The maximum atomic E-state index is 13.6. The Morgan fingerprint density at radius 1 is 1.16 bits per heavy atom. The van der Waals surface area contributed by atoms with Crippen LogP contribution >= 0.6 is 11.6 Å². The van der Waals surface area contributed by atoms with Gasteiger partial charge in [0.25, 0.3) is 11.5 Å². The van der Waals surface area contributed by atoms with Gasteiger partial charge in [0.2, 0.25) is 5.69 Å². The van der Waals surface area contributed by atoms with Crippen LogP contribution in [0.2, 0.25) is 5.02 Å². The Morgan fingerprint density at radius 2 is 1.95 bits per heavy atom. The normalized spacial score (nSPS) is 15.3. The van der Waals surface area contributed by atoms with E-state index < -0.39 is 28.8 Å². The molecular formula is C27H29ClN4O6. The molecule has 200 valence electrons. The van der Waals surface area contributed by atoms with Crippen LogP contribution in [0.15, 0.2) is 52.1 Å². The summed E-state index contributed by atoms with van der Waals surface area (Å²) in [5, 5.41) is 4.62. The molecule has 1 amide bonds. The quantitative estimate of drug-likeness (QED) is 0.423. The van der Waals surface area contributed by atoms with Crippen LogP contribution in [0.4, 0.5) is 0 Å². The average molecular weight is 541 g/mol. The summed E-state index contributed by atoms with van der Waals surface area (Å²) < 4.78 is 12.4. The van der Waals surface area contributed by atoms with Gasteiger partial charge in [0, 0.05) is 18.1 Å². The molecule has 1 unspecified atom stereocenters. The molecule has 11 heteroatoms. The van der Waals surface area contributed by atoms with E-state index >= 15 is 0 Å². The van der Waals surface area contributed by atoms with Gasteiger partial charge >= 0.3 is 11.7 Å². The Kier molecular flexibility index (Phi) is 8.31. The topological polar surface area (TPSA) is 113 Å². The minimum Gasteiger partial charge on any atom is -0.497 e. The molecule has 38 heavy (non-hydrogen) atoms. The van der Waals surface area contributed by atoms with Crippen LogP contribution in [0, 0.1) is 12.8 Å². The zero-order valence-corrected chi connectivity index (χ0v) is 22.2. The van der Waals surface area contributed by atoms with Crippen molar-refractivity contribution in [1.82, 2.24) is 19.2 Å². The fourth-order valence-corrected chi connectivity index (χ4v) is 4.56. The molecular weight excluding hydrogens is 512 g/mol. The molecule has 2 heterocycles. The minimum absolute atomic E-state index is 0.101. The molecule has 0 bridgehead atoms. The lowest BCUT2D eigenvalue weighted by Gasteiger charge is -2.31. The predicted octanol–water partition coefficient (Wildman–Crippen LogP) is 2.83. The first-order valence-electron chi connectivity index (χ1n) is 12.3. The van der Waals surface area contributed by atoms with Crippen molar-refractivity contribution in [3.8, 4) is 11.4 Å². The summed E-state index contributed by atoms with van der Waals surface area (Å²) in [6.45, 7) is 4.12. The van der Waals surface area contributed by atoms with E-state index in [0.29, 0.717) is 41.4 Å². The Balaban J connectivity index is 1.81. The molecule has 0 aliphatic carbocycles. The molecule has 2 aromatic carbocycles. The van der Waals surface area contributed by atoms with E-state index in [2.05, 4.69) is 5.10 Å². The number of hydrogen-bond donors (Lipinski definition) is 0. The smallest absolute Gasteiger partial charge is 0.352 e. The third-order valence-electron chi connectivity index (χ3n) is 6.47. The summed E-state index contributed by atoms with van der Waals surface area (Å²) in [7, 11) is 1.52. The number of esters is 1. The number of benzene rings is 2. The number of ether oxygens (including phenoxy) is 2. The summed E-state index contributed by atoms with van der Waals surface area (Å²) in [5.74, 6) is -0.971. The molecule has 3 aromatic rings. The molecule has 1 aliphatic heterocycles. The Bertz CT molecular complexity index is 1480. The van der Waals surface area contributed by atoms with Crippen LogP contribution in [0.3, 0.4) is 0 Å². The third kappa shape index (κ3) is 5.65. The maximum Gasteiger partial charge on any atom is 0.352 e. The van der Waals surface area contributed by atoms with E-state index in [9.17, 15) is 19.2 Å². The van der Waals surface area contributed by atoms with Gasteiger partial charge in [-0.2, -0.15) is 9.78 Å². The lowest BCUT2D eigenvalue weighted by atomic mass is 9.98. The highest BCUT2D eigenvalue weighted by atomic mass is 35.5. The highest BCUT2D eigenvalue weighted by Gasteiger charge is 2.32. The lowest BCUT2D eigenvalue weighted by molar-refractivity contribution is -0.149. The van der Waals surface area contributed by atoms with Crippen molar-refractivity contribution in [3.05, 3.63) is 85.1 Å². The number of amides is 1. The average Bonchev–Trinajstić information content (AvgIpc) is 2.92. The third-order valence-corrected chi connectivity index (χ3v) is 6.87. The first-order valence-corrected chi connectivity index (χ1v) is 12.7. The molecule has 1 atom stereocenters. The second-order valence-corrected chi connectivity index (χ2v) is 9.47. The van der Waals surface area contributed by atoms with Crippen LogP contribution in [0.1, 0.15) is 41.4 Å². The van der Waals surface area contributed by atoms with Gasteiger partial charge in [0.15, 0.2) is 0 Å². The highest BCUT2D eigenvalue weighted by molar-refractivity contribution is 6.31. The molecule has 0 spiro atoms. The molecule has 0 saturated carbocycles. The summed E-state index contributed by atoms with van der Waals surface area (Å²) in [5.41, 5.74) is -0.242. The van der Waals surface area contributed by atoms with Gasteiger partial charge < -0.3 is 14.4 Å². The monoisotopic (exact) mass is 540 g/mol. The van der Waals surface area contributed by atoms with Crippen molar-refractivity contribution >= 4 is 23.5 Å². The Hall–Kier alpha value is -3.92. The van der Waals surface area contributed by atoms with Crippen molar-refractivity contribution in [2.24, 2.45) is 5.92 Å². The zero-order valence-electron chi connectivity index (χ0n) is 21.5. The Labute approximate surface area is 224 Å². The van der Waals surface area contributed by atoms with Crippen LogP contribution in [0.5, 0.6) is 5.75 Å². The number of carbonyl (C=O) groups is 2. The molecule has 1 fully saturated rings. The number of aromatic nitrogens is 3. The van der Waals surface area contributed by atoms with Crippen molar-refractivity contribution in [2.45, 2.75) is 33.2 Å². The summed E-state index contributed by atoms with van der Waals surface area (Å²) in [6.07, 6.45) is 1.15. The van der Waals surface area contributed by atoms with Crippen LogP contribution in [-0.4, -0.2) is 57.9 Å². The standard InChI is InChI=1S/C27H29ClN4O6/c1-4-38-26(35)19-8-6-12-30(16-19)24(33)23-25(34)31(15-18-7-5-9-21(13-18)37-3)27(36)32(29-23)20-11-10-17(2)22(28)14-20/h5,7,9-11,13-14,19H,4,6,8,12,15-16H2,1-3H3. The van der Waals surface area contributed by atoms with Gasteiger partial charge in [-0.1, -0.05) is 29.8 Å². The fourth-order valence-electron chi connectivity index (χ4n) is 4.39. The second-order valence-electron chi connectivity index (χ2n) is 9.06. The van der Waals surface area contributed by atoms with Crippen LogP contribution in [0.25, 0.3) is 5.69 Å². The lowest BCUT2D eigenvalue weighted by Crippen LogP contribution is -2.49. The van der Waals surface area contributed by atoms with Gasteiger partial charge in [-0.25, -0.2) is 4.79 Å². The number of hydrogen-bond acceptors (Lipinski definition) is 7. The van der Waals surface area contributed by atoms with Crippen molar-refractivity contribution < 1.29 is 19.1 Å². The Morgan fingerprint density at radius 3 is 2.66 bits per heavy atom. The molecule has 10 nitrogen and oxygen atoms in total. The van der Waals surface area contributed by atoms with E-state index in [1.54, 1.807) is 49.4 Å². The van der Waals surface area contributed by atoms with Gasteiger partial charge in [-0.15, -0.1) is 0 Å². The van der Waals surface area contributed by atoms with Crippen LogP contribution in [-0.2, 0) is 16.1 Å². The number of likely N-dealkylation sites (tertiary alicyclic amines) is 1. The van der Waals surface area contributed by atoms with E-state index in [0.717, 1.165) is 14.8 Å². The molecule has 1 saturated heterocycles. The van der Waals surface area contributed by atoms with Gasteiger partial charge in [0.05, 0.1) is 31.9 Å². The van der Waals surface area contributed by atoms with Gasteiger partial charge in [-0.05, 0) is 62.1 Å². The van der Waals surface area contributed by atoms with Crippen molar-refractivity contribution in [3.63, 3.8) is 0 Å². The number of nitrogens with zero attached hydrogens (tertiary/aromatic N) is 4. The van der Waals surface area contributed by atoms with Crippen LogP contribution < -0.4 is 16.0 Å². The fraction of sp³-hybridized carbons (Fsp3) is 0.370. The summed E-state index contributed by atoms with van der Waals surface area (Å²) in [4.78, 5) is 54.4. The number of rotatable bonds is 7. The highest BCUT2D eigenvalue weighted by Crippen LogP contribution is 2.20. The molecule has 1 aliphatic rings. The number of methoxy groups -OCH3 is 1. The van der Waals surface area contributed by atoms with Crippen molar-refractivity contribution in [2.75, 3.05) is 26.8 Å². The summed E-state index contributed by atoms with van der Waals surface area (Å²) >= 11 is 6.30. The molecule has 0 radical (unpaired) electrons. The number of aryl methyl sites for hydroxylation is 1. The SMILES string of the molecule is CCOC(=O)C1CCCN(C(=O)c2nn(-c3ccc(C)c(Cl)c3)c(=O)n(Cc3cccc(OC)c3)c2=O)C1. The minimum atomic E-state index is -0.824. The van der Waals surface area contributed by atoms with Crippen molar-refractivity contribution in [1.29, 1.82) is 0 Å². The van der Waals surface area contributed by atoms with E-state index in [4.69, 9.17) is 21.1 Å². The van der Waals surface area contributed by atoms with E-state index in [1.807, 2.05) is 6.92 Å². The van der Waals surface area contributed by atoms with Gasteiger partial charge in [0.1, 0.15) is 5.75 Å². The number of piperidine rings is 1.